The SMILES string of the molecule is CC(=O)N1CCN(C(=O)[C@@H]2Cc3cn(Cc4cc(C)on4)c4cccc(c34)[C@H](CC(C)C)N2)CC1. The van der Waals surface area contributed by atoms with Crippen molar-refractivity contribution in [1.29, 1.82) is 0 Å². The molecule has 2 aliphatic rings. The molecular weight excluding hydrogens is 442 g/mol. The van der Waals surface area contributed by atoms with E-state index in [-0.39, 0.29) is 23.9 Å². The van der Waals surface area contributed by atoms with E-state index in [1.165, 1.54) is 16.5 Å². The summed E-state index contributed by atoms with van der Waals surface area (Å²) >= 11 is 0. The maximum absolute atomic E-state index is 13.7. The molecule has 0 radical (unpaired) electrons. The van der Waals surface area contributed by atoms with E-state index in [0.29, 0.717) is 45.1 Å². The number of rotatable bonds is 5. The summed E-state index contributed by atoms with van der Waals surface area (Å²) in [5, 5.41) is 9.18. The van der Waals surface area contributed by atoms with Crippen molar-refractivity contribution in [2.45, 2.75) is 59.2 Å². The summed E-state index contributed by atoms with van der Waals surface area (Å²) in [5.74, 6) is 1.49. The highest BCUT2D eigenvalue weighted by Gasteiger charge is 2.34. The second-order valence-electron chi connectivity index (χ2n) is 10.4. The second kappa shape index (κ2) is 9.49. The molecule has 0 spiro atoms. The molecule has 4 heterocycles. The first-order chi connectivity index (χ1) is 16.8. The van der Waals surface area contributed by atoms with Crippen molar-refractivity contribution in [3.8, 4) is 0 Å². The van der Waals surface area contributed by atoms with Gasteiger partial charge in [-0.05, 0) is 42.9 Å². The van der Waals surface area contributed by atoms with Gasteiger partial charge in [0.15, 0.2) is 0 Å². The lowest BCUT2D eigenvalue weighted by molar-refractivity contribution is -0.140. The first-order valence-corrected chi connectivity index (χ1v) is 12.6. The Kier molecular flexibility index (Phi) is 6.40. The number of piperazine rings is 1. The van der Waals surface area contributed by atoms with Crippen LogP contribution in [0.2, 0.25) is 0 Å². The number of aryl methyl sites for hydroxylation is 1. The molecule has 1 saturated heterocycles. The highest BCUT2D eigenvalue weighted by atomic mass is 16.5. The number of nitrogens with one attached hydrogen (secondary N) is 1. The Hall–Kier alpha value is -3.13. The number of aromatic nitrogens is 2. The summed E-state index contributed by atoms with van der Waals surface area (Å²) in [5.41, 5.74) is 4.51. The number of hydrogen-bond acceptors (Lipinski definition) is 5. The molecule has 0 aliphatic carbocycles. The van der Waals surface area contributed by atoms with Gasteiger partial charge in [-0.2, -0.15) is 0 Å². The summed E-state index contributed by atoms with van der Waals surface area (Å²) in [6, 6.07) is 8.24. The van der Waals surface area contributed by atoms with E-state index >= 15 is 0 Å². The Morgan fingerprint density at radius 3 is 2.57 bits per heavy atom. The predicted molar refractivity (Wildman–Crippen MR) is 134 cm³/mol. The monoisotopic (exact) mass is 477 g/mol. The van der Waals surface area contributed by atoms with Gasteiger partial charge in [-0.3, -0.25) is 14.9 Å². The van der Waals surface area contributed by atoms with E-state index in [4.69, 9.17) is 4.52 Å². The molecule has 8 heteroatoms. The molecule has 0 saturated carbocycles. The van der Waals surface area contributed by atoms with Crippen molar-refractivity contribution in [1.82, 2.24) is 24.8 Å². The molecule has 2 aromatic heterocycles. The number of amides is 2. The Morgan fingerprint density at radius 2 is 1.91 bits per heavy atom. The van der Waals surface area contributed by atoms with Gasteiger partial charge in [-0.25, -0.2) is 0 Å². The first-order valence-electron chi connectivity index (χ1n) is 12.6. The summed E-state index contributed by atoms with van der Waals surface area (Å²) in [7, 11) is 0. The van der Waals surface area contributed by atoms with Gasteiger partial charge in [-0.1, -0.05) is 31.1 Å². The van der Waals surface area contributed by atoms with Crippen LogP contribution in [0.5, 0.6) is 0 Å². The average Bonchev–Trinajstić information content (AvgIpc) is 3.35. The smallest absolute Gasteiger partial charge is 0.240 e. The van der Waals surface area contributed by atoms with Gasteiger partial charge in [-0.15, -0.1) is 0 Å². The molecule has 1 aromatic carbocycles. The van der Waals surface area contributed by atoms with Gasteiger partial charge in [0.05, 0.1) is 12.6 Å². The van der Waals surface area contributed by atoms with Crippen LogP contribution in [-0.4, -0.2) is 63.6 Å². The molecule has 2 amide bonds. The first kappa shape index (κ1) is 23.6. The summed E-state index contributed by atoms with van der Waals surface area (Å²) in [4.78, 5) is 29.2. The lowest BCUT2D eigenvalue weighted by Gasteiger charge is -2.36. The quantitative estimate of drug-likeness (QED) is 0.610. The normalized spacial score (nSPS) is 20.5. The van der Waals surface area contributed by atoms with Crippen molar-refractivity contribution < 1.29 is 14.1 Å². The molecule has 0 unspecified atom stereocenters. The van der Waals surface area contributed by atoms with Crippen LogP contribution in [0, 0.1) is 12.8 Å². The lowest BCUT2D eigenvalue weighted by atomic mass is 9.94. The molecule has 3 aromatic rings. The number of carbonyl (C=O) groups is 2. The molecule has 2 atom stereocenters. The zero-order chi connectivity index (χ0) is 24.7. The minimum absolute atomic E-state index is 0.0724. The van der Waals surface area contributed by atoms with Crippen LogP contribution in [0.3, 0.4) is 0 Å². The summed E-state index contributed by atoms with van der Waals surface area (Å²) < 4.78 is 7.52. The van der Waals surface area contributed by atoms with Crippen LogP contribution in [0.25, 0.3) is 10.9 Å². The van der Waals surface area contributed by atoms with Crippen LogP contribution in [-0.2, 0) is 22.6 Å². The fourth-order valence-electron chi connectivity index (χ4n) is 5.61. The maximum Gasteiger partial charge on any atom is 0.240 e. The van der Waals surface area contributed by atoms with Crippen molar-refractivity contribution in [2.24, 2.45) is 5.92 Å². The van der Waals surface area contributed by atoms with Crippen LogP contribution < -0.4 is 5.32 Å². The van der Waals surface area contributed by atoms with Crippen molar-refractivity contribution in [3.05, 3.63) is 53.0 Å². The highest BCUT2D eigenvalue weighted by molar-refractivity contribution is 5.91. The Balaban J connectivity index is 1.48. The topological polar surface area (TPSA) is 83.6 Å². The lowest BCUT2D eigenvalue weighted by Crippen LogP contribution is -2.55. The fourth-order valence-corrected chi connectivity index (χ4v) is 5.61. The van der Waals surface area contributed by atoms with Crippen molar-refractivity contribution in [2.75, 3.05) is 26.2 Å². The van der Waals surface area contributed by atoms with Gasteiger partial charge < -0.3 is 18.9 Å². The van der Waals surface area contributed by atoms with Gasteiger partial charge in [0, 0.05) is 62.3 Å². The van der Waals surface area contributed by atoms with Gasteiger partial charge >= 0.3 is 0 Å². The average molecular weight is 478 g/mol. The highest BCUT2D eigenvalue weighted by Crippen LogP contribution is 2.36. The standard InChI is InChI=1S/C27H35N5O3/c1-17(2)12-23-22-6-5-7-25-26(22)20(15-32(25)16-21-13-18(3)35-29-21)14-24(28-23)27(34)31-10-8-30(9-11-31)19(4)33/h5-7,13,15,17,23-24,28H,8-12,14,16H2,1-4H3/t23-,24-/m0/s1. The second-order valence-corrected chi connectivity index (χ2v) is 10.4. The van der Waals surface area contributed by atoms with Crippen LogP contribution in [0.1, 0.15) is 55.8 Å². The number of carbonyl (C=O) groups excluding carboxylic acids is 2. The van der Waals surface area contributed by atoms with E-state index in [0.717, 1.165) is 23.4 Å². The summed E-state index contributed by atoms with van der Waals surface area (Å²) in [6.07, 6.45) is 3.78. The summed E-state index contributed by atoms with van der Waals surface area (Å²) in [6.45, 7) is 10.9. The van der Waals surface area contributed by atoms with Crippen molar-refractivity contribution in [3.63, 3.8) is 0 Å². The predicted octanol–water partition coefficient (Wildman–Crippen LogP) is 3.28. The number of nitrogens with zero attached hydrogens (tertiary/aromatic N) is 4. The molecule has 2 aliphatic heterocycles. The molecule has 1 N–H and O–H groups in total. The van der Waals surface area contributed by atoms with Gasteiger partial charge in [0.2, 0.25) is 11.8 Å². The third-order valence-electron chi connectivity index (χ3n) is 7.27. The number of hydrogen-bond donors (Lipinski definition) is 1. The maximum atomic E-state index is 13.7. The minimum Gasteiger partial charge on any atom is -0.361 e. The Bertz CT molecular complexity index is 1230. The fraction of sp³-hybridized carbons (Fsp3) is 0.519. The molecule has 0 bridgehead atoms. The van der Waals surface area contributed by atoms with Crippen LogP contribution in [0.4, 0.5) is 0 Å². The molecule has 1 fully saturated rings. The number of benzene rings is 1. The van der Waals surface area contributed by atoms with E-state index < -0.39 is 0 Å². The van der Waals surface area contributed by atoms with E-state index in [1.807, 2.05) is 22.8 Å². The zero-order valence-corrected chi connectivity index (χ0v) is 21.1. The molecular formula is C27H35N5O3. The minimum atomic E-state index is -0.302. The van der Waals surface area contributed by atoms with Crippen molar-refractivity contribution >= 4 is 22.7 Å². The molecule has 8 nitrogen and oxygen atoms in total. The van der Waals surface area contributed by atoms with E-state index in [9.17, 15) is 9.59 Å². The molecule has 35 heavy (non-hydrogen) atoms. The zero-order valence-electron chi connectivity index (χ0n) is 21.1. The van der Waals surface area contributed by atoms with E-state index in [1.54, 1.807) is 6.92 Å². The van der Waals surface area contributed by atoms with Gasteiger partial charge in [0.25, 0.3) is 0 Å². The van der Waals surface area contributed by atoms with Crippen LogP contribution >= 0.6 is 0 Å². The third-order valence-corrected chi connectivity index (χ3v) is 7.27. The molecule has 186 valence electrons. The Labute approximate surface area is 206 Å². The van der Waals surface area contributed by atoms with Gasteiger partial charge in [0.1, 0.15) is 11.5 Å². The largest absolute Gasteiger partial charge is 0.361 e. The third kappa shape index (κ3) is 4.72. The van der Waals surface area contributed by atoms with Crippen LogP contribution in [0.15, 0.2) is 35.0 Å². The molecule has 5 rings (SSSR count). The van der Waals surface area contributed by atoms with E-state index in [2.05, 4.69) is 53.3 Å². The Morgan fingerprint density at radius 1 is 1.17 bits per heavy atom.